The Kier molecular flexibility index (Phi) is 2.60. The maximum Gasteiger partial charge on any atom is 0.264 e. The normalized spacial score (nSPS) is 10.7. The van der Waals surface area contributed by atoms with Crippen LogP contribution in [0.2, 0.25) is 0 Å². The average molecular weight is 173 g/mol. The average Bonchev–Trinajstić information content (AvgIpc) is 2.03. The Hall–Kier alpha value is -1.16. The third kappa shape index (κ3) is 1.71. The Morgan fingerprint density at radius 2 is 2.08 bits per heavy atom. The predicted molar refractivity (Wildman–Crippen MR) is 41.7 cm³/mol. The molecule has 0 atom stereocenters. The SMILES string of the molecule is Nc1ccc(C(F)F)c(CO)c1. The summed E-state index contributed by atoms with van der Waals surface area (Å²) in [7, 11) is 0. The van der Waals surface area contributed by atoms with Crippen molar-refractivity contribution in [3.63, 3.8) is 0 Å². The van der Waals surface area contributed by atoms with Crippen molar-refractivity contribution in [2.75, 3.05) is 5.73 Å². The van der Waals surface area contributed by atoms with E-state index in [4.69, 9.17) is 10.8 Å². The van der Waals surface area contributed by atoms with Gasteiger partial charge in [-0.05, 0) is 17.7 Å². The zero-order valence-corrected chi connectivity index (χ0v) is 6.30. The molecule has 0 aliphatic heterocycles. The molecule has 2 nitrogen and oxygen atoms in total. The van der Waals surface area contributed by atoms with E-state index in [0.29, 0.717) is 5.69 Å². The maximum atomic E-state index is 12.2. The number of aliphatic hydroxyl groups is 1. The van der Waals surface area contributed by atoms with Gasteiger partial charge >= 0.3 is 0 Å². The van der Waals surface area contributed by atoms with E-state index >= 15 is 0 Å². The summed E-state index contributed by atoms with van der Waals surface area (Å²) in [6.07, 6.45) is -2.56. The first kappa shape index (κ1) is 8.93. The highest BCUT2D eigenvalue weighted by atomic mass is 19.3. The highest BCUT2D eigenvalue weighted by molar-refractivity contribution is 5.44. The van der Waals surface area contributed by atoms with Gasteiger partial charge in [0, 0.05) is 11.3 Å². The van der Waals surface area contributed by atoms with Crippen molar-refractivity contribution in [3.05, 3.63) is 29.3 Å². The van der Waals surface area contributed by atoms with Crippen LogP contribution in [0.5, 0.6) is 0 Å². The van der Waals surface area contributed by atoms with Crippen molar-refractivity contribution >= 4 is 5.69 Å². The largest absolute Gasteiger partial charge is 0.399 e. The first-order chi connectivity index (χ1) is 5.65. The summed E-state index contributed by atoms with van der Waals surface area (Å²) in [4.78, 5) is 0. The minimum atomic E-state index is -2.56. The van der Waals surface area contributed by atoms with E-state index in [-0.39, 0.29) is 11.1 Å². The molecule has 0 saturated carbocycles. The molecule has 66 valence electrons. The van der Waals surface area contributed by atoms with Crippen molar-refractivity contribution in [2.45, 2.75) is 13.0 Å². The van der Waals surface area contributed by atoms with Crippen molar-refractivity contribution < 1.29 is 13.9 Å². The smallest absolute Gasteiger partial charge is 0.264 e. The number of halogens is 2. The molecule has 0 unspecified atom stereocenters. The van der Waals surface area contributed by atoms with Crippen LogP contribution in [0.15, 0.2) is 18.2 Å². The van der Waals surface area contributed by atoms with Crippen LogP contribution in [0.1, 0.15) is 17.6 Å². The van der Waals surface area contributed by atoms with Crippen molar-refractivity contribution in [3.8, 4) is 0 Å². The molecule has 1 aromatic rings. The van der Waals surface area contributed by atoms with Gasteiger partial charge in [-0.1, -0.05) is 6.07 Å². The number of anilines is 1. The van der Waals surface area contributed by atoms with E-state index in [2.05, 4.69) is 0 Å². The molecule has 0 aromatic heterocycles. The lowest BCUT2D eigenvalue weighted by molar-refractivity contribution is 0.147. The van der Waals surface area contributed by atoms with Gasteiger partial charge in [-0.25, -0.2) is 8.78 Å². The molecule has 3 N–H and O–H groups in total. The Balaban J connectivity index is 3.11. The first-order valence-electron chi connectivity index (χ1n) is 3.42. The zero-order valence-electron chi connectivity index (χ0n) is 6.30. The van der Waals surface area contributed by atoms with Crippen LogP contribution in [-0.2, 0) is 6.61 Å². The molecule has 0 aliphatic rings. The number of alkyl halides is 2. The molecule has 12 heavy (non-hydrogen) atoms. The summed E-state index contributed by atoms with van der Waals surface area (Å²) >= 11 is 0. The fourth-order valence-corrected chi connectivity index (χ4v) is 0.975. The Labute approximate surface area is 68.6 Å². The lowest BCUT2D eigenvalue weighted by atomic mass is 10.1. The summed E-state index contributed by atoms with van der Waals surface area (Å²) < 4.78 is 24.4. The van der Waals surface area contributed by atoms with E-state index in [1.165, 1.54) is 18.2 Å². The zero-order chi connectivity index (χ0) is 9.14. The second-order valence-corrected chi connectivity index (χ2v) is 2.42. The van der Waals surface area contributed by atoms with Crippen LogP contribution in [0.25, 0.3) is 0 Å². The van der Waals surface area contributed by atoms with Crippen LogP contribution in [0, 0.1) is 0 Å². The molecule has 1 aromatic carbocycles. The number of hydrogen-bond acceptors (Lipinski definition) is 2. The van der Waals surface area contributed by atoms with E-state index in [1.54, 1.807) is 0 Å². The predicted octanol–water partition coefficient (Wildman–Crippen LogP) is 1.70. The van der Waals surface area contributed by atoms with Gasteiger partial charge in [0.1, 0.15) is 0 Å². The van der Waals surface area contributed by atoms with Gasteiger partial charge in [0.15, 0.2) is 0 Å². The summed E-state index contributed by atoms with van der Waals surface area (Å²) in [5.41, 5.74) is 5.75. The minimum absolute atomic E-state index is 0.160. The summed E-state index contributed by atoms with van der Waals surface area (Å²) in [6, 6.07) is 3.97. The number of aliphatic hydroxyl groups excluding tert-OH is 1. The topological polar surface area (TPSA) is 46.2 Å². The lowest BCUT2D eigenvalue weighted by Gasteiger charge is -2.06. The van der Waals surface area contributed by atoms with Gasteiger partial charge < -0.3 is 10.8 Å². The number of nitrogens with two attached hydrogens (primary N) is 1. The third-order valence-corrected chi connectivity index (χ3v) is 1.57. The summed E-state index contributed by atoms with van der Waals surface area (Å²) in [5.74, 6) is 0. The van der Waals surface area contributed by atoms with Crippen LogP contribution < -0.4 is 5.73 Å². The maximum absolute atomic E-state index is 12.2. The Morgan fingerprint density at radius 3 is 2.58 bits per heavy atom. The number of hydrogen-bond donors (Lipinski definition) is 2. The number of benzene rings is 1. The van der Waals surface area contributed by atoms with Crippen LogP contribution in [-0.4, -0.2) is 5.11 Å². The molecule has 0 aliphatic carbocycles. The molecule has 0 spiro atoms. The van der Waals surface area contributed by atoms with E-state index in [0.717, 1.165) is 0 Å². The number of nitrogen functional groups attached to an aromatic ring is 1. The molecule has 0 saturated heterocycles. The van der Waals surface area contributed by atoms with Crippen LogP contribution in [0.3, 0.4) is 0 Å². The Bertz CT molecular complexity index is 276. The lowest BCUT2D eigenvalue weighted by Crippen LogP contribution is -1.96. The summed E-state index contributed by atoms with van der Waals surface area (Å²) in [6.45, 7) is -0.412. The fourth-order valence-electron chi connectivity index (χ4n) is 0.975. The molecule has 0 bridgehead atoms. The highest BCUT2D eigenvalue weighted by Gasteiger charge is 2.11. The van der Waals surface area contributed by atoms with Gasteiger partial charge in [0.05, 0.1) is 6.61 Å². The van der Waals surface area contributed by atoms with Crippen LogP contribution in [0.4, 0.5) is 14.5 Å². The van der Waals surface area contributed by atoms with Crippen LogP contribution >= 0.6 is 0 Å². The molecular formula is C8H9F2NO. The molecular weight excluding hydrogens is 164 g/mol. The third-order valence-electron chi connectivity index (χ3n) is 1.57. The van der Waals surface area contributed by atoms with Crippen molar-refractivity contribution in [2.24, 2.45) is 0 Å². The quantitative estimate of drug-likeness (QED) is 0.668. The van der Waals surface area contributed by atoms with E-state index < -0.39 is 13.0 Å². The minimum Gasteiger partial charge on any atom is -0.399 e. The standard InChI is InChI=1S/C8H9F2NO/c9-8(10)7-2-1-6(11)3-5(7)4-12/h1-3,8,12H,4,11H2. The molecule has 0 fully saturated rings. The highest BCUT2D eigenvalue weighted by Crippen LogP contribution is 2.24. The first-order valence-corrected chi connectivity index (χ1v) is 3.42. The van der Waals surface area contributed by atoms with E-state index in [1.807, 2.05) is 0 Å². The van der Waals surface area contributed by atoms with Gasteiger partial charge in [-0.3, -0.25) is 0 Å². The second-order valence-electron chi connectivity index (χ2n) is 2.42. The van der Waals surface area contributed by atoms with Crippen molar-refractivity contribution in [1.82, 2.24) is 0 Å². The Morgan fingerprint density at radius 1 is 1.42 bits per heavy atom. The van der Waals surface area contributed by atoms with Gasteiger partial charge in [0.25, 0.3) is 6.43 Å². The monoisotopic (exact) mass is 173 g/mol. The molecule has 0 radical (unpaired) electrons. The molecule has 4 heteroatoms. The molecule has 0 heterocycles. The van der Waals surface area contributed by atoms with Crippen molar-refractivity contribution in [1.29, 1.82) is 0 Å². The van der Waals surface area contributed by atoms with Gasteiger partial charge in [-0.15, -0.1) is 0 Å². The number of rotatable bonds is 2. The van der Waals surface area contributed by atoms with Gasteiger partial charge in [0.2, 0.25) is 0 Å². The summed E-state index contributed by atoms with van der Waals surface area (Å²) in [5, 5.41) is 8.70. The fraction of sp³-hybridized carbons (Fsp3) is 0.250. The van der Waals surface area contributed by atoms with Gasteiger partial charge in [-0.2, -0.15) is 0 Å². The second kappa shape index (κ2) is 3.49. The molecule has 1 rings (SSSR count). The molecule has 0 amide bonds. The van der Waals surface area contributed by atoms with E-state index in [9.17, 15) is 8.78 Å².